The molecule has 31 heavy (non-hydrogen) atoms. The number of nitrogens with one attached hydrogen (secondary N) is 2. The van der Waals surface area contributed by atoms with Crippen molar-refractivity contribution in [1.29, 1.82) is 0 Å². The van der Waals surface area contributed by atoms with Crippen LogP contribution in [0, 0.1) is 12.7 Å². The first-order valence-electron chi connectivity index (χ1n) is 9.63. The molecule has 3 aromatic rings. The number of ether oxygens (including phenoxy) is 2. The molecular weight excluding hydrogens is 512 g/mol. The van der Waals surface area contributed by atoms with Crippen LogP contribution in [0.2, 0.25) is 0 Å². The van der Waals surface area contributed by atoms with Crippen molar-refractivity contribution in [3.63, 3.8) is 0 Å². The zero-order valence-electron chi connectivity index (χ0n) is 18.0. The highest BCUT2D eigenvalue weighted by Gasteiger charge is 2.10. The monoisotopic (exact) mass is 539 g/mol. The van der Waals surface area contributed by atoms with E-state index < -0.39 is 0 Å². The fourth-order valence-corrected chi connectivity index (χ4v) is 3.01. The lowest BCUT2D eigenvalue weighted by Crippen LogP contribution is -2.30. The summed E-state index contributed by atoms with van der Waals surface area (Å²) in [5, 5.41) is 6.38. The number of imidazole rings is 1. The Hall–Kier alpha value is -2.82. The van der Waals surface area contributed by atoms with Gasteiger partial charge < -0.3 is 24.7 Å². The molecule has 0 aliphatic carbocycles. The standard InChI is InChI=1S/C22H26FN5O2.HI/c1-5-30-20-9-7-17(13-21(20)29-4)27-22(24-3)26-14-16-6-8-19(18(23)12-16)28-11-10-25-15(28)2;/h6-13H,5,14H2,1-4H3,(H2,24,26,27);1H. The first kappa shape index (κ1) is 24.4. The van der Waals surface area contributed by atoms with E-state index in [-0.39, 0.29) is 29.8 Å². The summed E-state index contributed by atoms with van der Waals surface area (Å²) in [6.45, 7) is 4.72. The number of benzene rings is 2. The molecule has 1 heterocycles. The molecule has 0 unspecified atom stereocenters. The molecule has 2 aromatic carbocycles. The van der Waals surface area contributed by atoms with Crippen LogP contribution in [0.4, 0.5) is 10.1 Å². The summed E-state index contributed by atoms with van der Waals surface area (Å²) < 4.78 is 27.2. The molecule has 0 bridgehead atoms. The van der Waals surface area contributed by atoms with Crippen LogP contribution in [-0.2, 0) is 6.54 Å². The van der Waals surface area contributed by atoms with Gasteiger partial charge in [-0.15, -0.1) is 24.0 Å². The minimum Gasteiger partial charge on any atom is -0.493 e. The molecule has 0 radical (unpaired) electrons. The summed E-state index contributed by atoms with van der Waals surface area (Å²) in [5.74, 6) is 2.28. The van der Waals surface area contributed by atoms with Crippen molar-refractivity contribution in [2.45, 2.75) is 20.4 Å². The Balaban J connectivity index is 0.00000341. The van der Waals surface area contributed by atoms with E-state index in [1.54, 1.807) is 37.2 Å². The lowest BCUT2D eigenvalue weighted by atomic mass is 10.2. The van der Waals surface area contributed by atoms with E-state index in [0.717, 1.165) is 17.1 Å². The molecule has 0 aliphatic heterocycles. The number of halogens is 2. The number of nitrogens with zero attached hydrogens (tertiary/aromatic N) is 3. The van der Waals surface area contributed by atoms with Crippen LogP contribution < -0.4 is 20.1 Å². The van der Waals surface area contributed by atoms with Crippen LogP contribution in [0.15, 0.2) is 53.8 Å². The Morgan fingerprint density at radius 2 is 2.00 bits per heavy atom. The van der Waals surface area contributed by atoms with Crippen LogP contribution >= 0.6 is 24.0 Å². The number of hydrogen-bond acceptors (Lipinski definition) is 4. The number of methoxy groups -OCH3 is 1. The van der Waals surface area contributed by atoms with E-state index in [1.165, 1.54) is 6.07 Å². The zero-order valence-corrected chi connectivity index (χ0v) is 20.3. The summed E-state index contributed by atoms with van der Waals surface area (Å²) in [4.78, 5) is 8.36. The fourth-order valence-electron chi connectivity index (χ4n) is 3.01. The van der Waals surface area contributed by atoms with Gasteiger partial charge in [-0.25, -0.2) is 9.37 Å². The van der Waals surface area contributed by atoms with Crippen molar-refractivity contribution in [1.82, 2.24) is 14.9 Å². The molecule has 0 spiro atoms. The topological polar surface area (TPSA) is 72.7 Å². The van der Waals surface area contributed by atoms with Gasteiger partial charge in [0.05, 0.1) is 19.4 Å². The minimum atomic E-state index is -0.311. The highest BCUT2D eigenvalue weighted by molar-refractivity contribution is 14.0. The number of aryl methyl sites for hydroxylation is 1. The van der Waals surface area contributed by atoms with Gasteiger partial charge in [0.2, 0.25) is 0 Å². The molecule has 0 aliphatic rings. The average molecular weight is 539 g/mol. The van der Waals surface area contributed by atoms with Gasteiger partial charge >= 0.3 is 0 Å². The number of rotatable bonds is 7. The number of hydrogen-bond donors (Lipinski definition) is 2. The highest BCUT2D eigenvalue weighted by Crippen LogP contribution is 2.30. The van der Waals surface area contributed by atoms with Crippen LogP contribution in [-0.4, -0.2) is 36.3 Å². The number of anilines is 1. The predicted octanol–water partition coefficient (Wildman–Crippen LogP) is 4.53. The molecular formula is C22H27FIN5O2. The first-order chi connectivity index (χ1) is 14.5. The van der Waals surface area contributed by atoms with E-state index in [4.69, 9.17) is 9.47 Å². The average Bonchev–Trinajstić information content (AvgIpc) is 3.17. The molecule has 0 saturated carbocycles. The van der Waals surface area contributed by atoms with Crippen molar-refractivity contribution >= 4 is 35.6 Å². The summed E-state index contributed by atoms with van der Waals surface area (Å²) in [7, 11) is 3.27. The Morgan fingerprint density at radius 1 is 1.19 bits per heavy atom. The van der Waals surface area contributed by atoms with Gasteiger partial charge in [-0.05, 0) is 43.7 Å². The third-order valence-corrected chi connectivity index (χ3v) is 4.51. The highest BCUT2D eigenvalue weighted by atomic mass is 127. The maximum atomic E-state index is 14.6. The Morgan fingerprint density at radius 3 is 2.61 bits per heavy atom. The third kappa shape index (κ3) is 6.09. The lowest BCUT2D eigenvalue weighted by Gasteiger charge is -2.15. The van der Waals surface area contributed by atoms with Crippen molar-refractivity contribution in [3.8, 4) is 17.2 Å². The van der Waals surface area contributed by atoms with Crippen LogP contribution in [0.1, 0.15) is 18.3 Å². The molecule has 0 amide bonds. The van der Waals surface area contributed by atoms with Gasteiger partial charge in [0.15, 0.2) is 17.5 Å². The van der Waals surface area contributed by atoms with Crippen LogP contribution in [0.5, 0.6) is 11.5 Å². The molecule has 9 heteroatoms. The number of aliphatic imine (C=N–C) groups is 1. The van der Waals surface area contributed by atoms with Crippen LogP contribution in [0.25, 0.3) is 5.69 Å². The summed E-state index contributed by atoms with van der Waals surface area (Å²) in [5.41, 5.74) is 2.06. The molecule has 1 aromatic heterocycles. The van der Waals surface area contributed by atoms with Gasteiger partial charge in [-0.2, -0.15) is 0 Å². The number of aromatic nitrogens is 2. The van der Waals surface area contributed by atoms with E-state index in [2.05, 4.69) is 20.6 Å². The summed E-state index contributed by atoms with van der Waals surface area (Å²) in [6, 6.07) is 10.7. The van der Waals surface area contributed by atoms with E-state index in [0.29, 0.717) is 36.3 Å². The molecule has 0 fully saturated rings. The van der Waals surface area contributed by atoms with Crippen molar-refractivity contribution in [2.24, 2.45) is 4.99 Å². The third-order valence-electron chi connectivity index (χ3n) is 4.51. The molecule has 7 nitrogen and oxygen atoms in total. The fraction of sp³-hybridized carbons (Fsp3) is 0.273. The maximum absolute atomic E-state index is 14.6. The van der Waals surface area contributed by atoms with Crippen molar-refractivity contribution in [2.75, 3.05) is 26.1 Å². The molecule has 0 saturated heterocycles. The van der Waals surface area contributed by atoms with Crippen LogP contribution in [0.3, 0.4) is 0 Å². The predicted molar refractivity (Wildman–Crippen MR) is 132 cm³/mol. The molecule has 0 atom stereocenters. The minimum absolute atomic E-state index is 0. The normalized spacial score (nSPS) is 10.9. The van der Waals surface area contributed by atoms with Gasteiger partial charge in [-0.3, -0.25) is 4.99 Å². The molecule has 166 valence electrons. The molecule has 3 rings (SSSR count). The Bertz CT molecular complexity index is 1040. The second-order valence-electron chi connectivity index (χ2n) is 6.48. The molecule has 2 N–H and O–H groups in total. The van der Waals surface area contributed by atoms with E-state index in [1.807, 2.05) is 38.1 Å². The Kier molecular flexibility index (Phi) is 9.10. The number of guanidine groups is 1. The zero-order chi connectivity index (χ0) is 21.5. The van der Waals surface area contributed by atoms with Gasteiger partial charge in [0.25, 0.3) is 0 Å². The van der Waals surface area contributed by atoms with Gasteiger partial charge in [-0.1, -0.05) is 6.07 Å². The largest absolute Gasteiger partial charge is 0.493 e. The van der Waals surface area contributed by atoms with Crippen molar-refractivity contribution < 1.29 is 13.9 Å². The summed E-state index contributed by atoms with van der Waals surface area (Å²) >= 11 is 0. The van der Waals surface area contributed by atoms with E-state index in [9.17, 15) is 4.39 Å². The summed E-state index contributed by atoms with van der Waals surface area (Å²) in [6.07, 6.45) is 3.39. The van der Waals surface area contributed by atoms with E-state index >= 15 is 0 Å². The SMILES string of the molecule is CCOc1ccc(NC(=NC)NCc2ccc(-n3ccnc3C)c(F)c2)cc1OC.I. The second-order valence-corrected chi connectivity index (χ2v) is 6.48. The maximum Gasteiger partial charge on any atom is 0.195 e. The van der Waals surface area contributed by atoms with Gasteiger partial charge in [0, 0.05) is 37.7 Å². The Labute approximate surface area is 198 Å². The van der Waals surface area contributed by atoms with Gasteiger partial charge in [0.1, 0.15) is 11.6 Å². The quantitative estimate of drug-likeness (QED) is 0.262. The lowest BCUT2D eigenvalue weighted by molar-refractivity contribution is 0.311. The smallest absolute Gasteiger partial charge is 0.195 e. The second kappa shape index (κ2) is 11.5. The van der Waals surface area contributed by atoms with Crippen molar-refractivity contribution in [3.05, 3.63) is 66.0 Å². The first-order valence-corrected chi connectivity index (χ1v) is 9.63.